The van der Waals surface area contributed by atoms with Crippen LogP contribution in [0.15, 0.2) is 75.9 Å². The van der Waals surface area contributed by atoms with Crippen molar-refractivity contribution in [2.75, 3.05) is 0 Å². The molecule has 0 aliphatic carbocycles. The summed E-state index contributed by atoms with van der Waals surface area (Å²) < 4.78 is 54.0. The molecule has 184 valence electrons. The second-order valence-electron chi connectivity index (χ2n) is 8.09. The first-order valence-electron chi connectivity index (χ1n) is 10.9. The maximum atomic E-state index is 13.0. The third kappa shape index (κ3) is 4.72. The molecule has 36 heavy (non-hydrogen) atoms. The van der Waals surface area contributed by atoms with Gasteiger partial charge in [-0.25, -0.2) is 4.79 Å². The fourth-order valence-corrected chi connectivity index (χ4v) is 3.96. The molecule has 1 amide bonds. The fraction of sp³-hybridized carbons (Fsp3) is 0.200. The van der Waals surface area contributed by atoms with E-state index in [9.17, 15) is 22.8 Å². The van der Waals surface area contributed by atoms with Crippen LogP contribution in [0.25, 0.3) is 11.4 Å². The van der Waals surface area contributed by atoms with Gasteiger partial charge in [-0.2, -0.15) is 18.2 Å². The lowest BCUT2D eigenvalue weighted by Crippen LogP contribution is -2.49. The van der Waals surface area contributed by atoms with Crippen LogP contribution in [0.5, 0.6) is 0 Å². The van der Waals surface area contributed by atoms with Gasteiger partial charge in [0, 0.05) is 18.5 Å². The van der Waals surface area contributed by atoms with Crippen molar-refractivity contribution in [3.8, 4) is 11.4 Å². The van der Waals surface area contributed by atoms with Crippen molar-refractivity contribution >= 4 is 11.9 Å². The van der Waals surface area contributed by atoms with Crippen LogP contribution in [0.2, 0.25) is 0 Å². The summed E-state index contributed by atoms with van der Waals surface area (Å²) in [7, 11) is 0. The quantitative estimate of drug-likeness (QED) is 0.370. The van der Waals surface area contributed by atoms with E-state index >= 15 is 0 Å². The zero-order chi connectivity index (χ0) is 25.3. The highest BCUT2D eigenvalue weighted by Crippen LogP contribution is 2.30. The zero-order valence-corrected chi connectivity index (χ0v) is 18.6. The van der Waals surface area contributed by atoms with E-state index in [1.54, 1.807) is 6.07 Å². The maximum absolute atomic E-state index is 13.0. The topological polar surface area (TPSA) is 98.7 Å². The summed E-state index contributed by atoms with van der Waals surface area (Å²) in [5.41, 5.74) is 1.35. The van der Waals surface area contributed by atoms with Crippen LogP contribution in [-0.2, 0) is 35.3 Å². The first kappa shape index (κ1) is 23.3. The average molecular weight is 497 g/mol. The predicted octanol–water partition coefficient (Wildman–Crippen LogP) is 4.66. The molecule has 0 spiro atoms. The normalized spacial score (nSPS) is 15.4. The van der Waals surface area contributed by atoms with Gasteiger partial charge in [-0.3, -0.25) is 4.79 Å². The minimum Gasteiger partial charge on any atom is -0.459 e. The van der Waals surface area contributed by atoms with Crippen molar-refractivity contribution in [1.29, 1.82) is 0 Å². The molecule has 2 aromatic heterocycles. The number of nitrogens with zero attached hydrogens (tertiary/aromatic N) is 3. The molecule has 1 aliphatic rings. The van der Waals surface area contributed by atoms with Gasteiger partial charge >= 0.3 is 12.1 Å². The number of carbonyl (C=O) groups is 2. The first-order valence-corrected chi connectivity index (χ1v) is 10.9. The molecule has 1 atom stereocenters. The number of ether oxygens (including phenoxy) is 1. The molecule has 5 rings (SSSR count). The zero-order valence-electron chi connectivity index (χ0n) is 18.6. The Morgan fingerprint density at radius 2 is 1.78 bits per heavy atom. The molecule has 1 aliphatic heterocycles. The Kier molecular flexibility index (Phi) is 6.05. The van der Waals surface area contributed by atoms with Crippen LogP contribution in [-0.4, -0.2) is 33.0 Å². The van der Waals surface area contributed by atoms with Gasteiger partial charge in [-0.15, -0.1) is 0 Å². The third-order valence-electron chi connectivity index (χ3n) is 5.79. The number of esters is 1. The Labute approximate surface area is 202 Å². The summed E-state index contributed by atoms with van der Waals surface area (Å²) in [4.78, 5) is 31.5. The van der Waals surface area contributed by atoms with E-state index in [0.717, 1.165) is 23.3 Å². The van der Waals surface area contributed by atoms with Crippen molar-refractivity contribution in [3.63, 3.8) is 0 Å². The smallest absolute Gasteiger partial charge is 0.416 e. The predicted molar refractivity (Wildman–Crippen MR) is 117 cm³/mol. The average Bonchev–Trinajstić information content (AvgIpc) is 3.58. The summed E-state index contributed by atoms with van der Waals surface area (Å²) in [5.74, 6) is -1.00. The number of hydrogen-bond acceptors (Lipinski definition) is 7. The number of rotatable bonds is 5. The molecule has 3 heterocycles. The van der Waals surface area contributed by atoms with Crippen LogP contribution in [0.4, 0.5) is 13.2 Å². The van der Waals surface area contributed by atoms with Crippen LogP contribution in [0.3, 0.4) is 0 Å². The Hall–Kier alpha value is -4.41. The van der Waals surface area contributed by atoms with Crippen molar-refractivity contribution in [1.82, 2.24) is 15.0 Å². The Balaban J connectivity index is 1.29. The molecule has 0 N–H and O–H groups in total. The lowest BCUT2D eigenvalue weighted by atomic mass is 9.93. The Morgan fingerprint density at radius 3 is 2.47 bits per heavy atom. The first-order chi connectivity index (χ1) is 17.3. The number of aromatic nitrogens is 2. The van der Waals surface area contributed by atoms with Crippen LogP contribution >= 0.6 is 0 Å². The minimum atomic E-state index is -4.46. The molecular formula is C25H18F3N3O5. The number of furan rings is 1. The molecule has 4 aromatic rings. The van der Waals surface area contributed by atoms with E-state index in [0.29, 0.717) is 5.56 Å². The summed E-state index contributed by atoms with van der Waals surface area (Å²) >= 11 is 0. The monoisotopic (exact) mass is 497 g/mol. The number of amides is 1. The number of benzene rings is 2. The van der Waals surface area contributed by atoms with Crippen LogP contribution in [0, 0.1) is 0 Å². The molecule has 8 nitrogen and oxygen atoms in total. The van der Waals surface area contributed by atoms with Gasteiger partial charge in [0.05, 0.1) is 11.8 Å². The highest BCUT2D eigenvalue weighted by atomic mass is 19.4. The van der Waals surface area contributed by atoms with Crippen molar-refractivity contribution in [2.24, 2.45) is 0 Å². The van der Waals surface area contributed by atoms with Gasteiger partial charge in [-0.05, 0) is 35.4 Å². The Morgan fingerprint density at radius 1 is 1.03 bits per heavy atom. The summed E-state index contributed by atoms with van der Waals surface area (Å²) in [6.45, 7) is -0.165. The van der Waals surface area contributed by atoms with E-state index < -0.39 is 29.7 Å². The molecular weight excluding hydrogens is 479 g/mol. The SMILES string of the molecule is O=C(OCc1nc(-c2ccc(C(F)(F)F)cc2)no1)[C@@H]1Cc2ccccc2CN1C(=O)c1ccco1. The summed E-state index contributed by atoms with van der Waals surface area (Å²) in [6, 6.07) is 14.0. The molecule has 11 heteroatoms. The third-order valence-corrected chi connectivity index (χ3v) is 5.79. The maximum Gasteiger partial charge on any atom is 0.416 e. The van der Waals surface area contributed by atoms with Gasteiger partial charge in [0.2, 0.25) is 5.82 Å². The number of halogens is 3. The van der Waals surface area contributed by atoms with Crippen molar-refractivity contribution in [2.45, 2.75) is 31.8 Å². The van der Waals surface area contributed by atoms with Crippen molar-refractivity contribution in [3.05, 3.63) is 95.3 Å². The molecule has 0 fully saturated rings. The Bertz CT molecular complexity index is 1380. The molecule has 0 unspecified atom stereocenters. The van der Waals surface area contributed by atoms with Gasteiger partial charge in [0.25, 0.3) is 11.8 Å². The van der Waals surface area contributed by atoms with E-state index in [2.05, 4.69) is 10.1 Å². The van der Waals surface area contributed by atoms with E-state index in [-0.39, 0.29) is 37.0 Å². The number of carbonyl (C=O) groups excluding carboxylic acids is 2. The highest BCUT2D eigenvalue weighted by Gasteiger charge is 2.37. The standard InChI is InChI=1S/C25H18F3N3O5/c26-25(27,28)18-9-7-15(8-10-18)22-29-21(36-30-22)14-35-24(33)19-12-16-4-1-2-5-17(16)13-31(19)23(32)20-6-3-11-34-20/h1-11,19H,12-14H2/t19-/m0/s1. The molecule has 0 saturated carbocycles. The largest absolute Gasteiger partial charge is 0.459 e. The second-order valence-corrected chi connectivity index (χ2v) is 8.09. The molecule has 0 bridgehead atoms. The molecule has 2 aromatic carbocycles. The number of alkyl halides is 3. The number of fused-ring (bicyclic) bond motifs is 1. The summed E-state index contributed by atoms with van der Waals surface area (Å²) in [5, 5.41) is 3.74. The fourth-order valence-electron chi connectivity index (χ4n) is 3.96. The molecule has 0 radical (unpaired) electrons. The van der Waals surface area contributed by atoms with Crippen LogP contribution < -0.4 is 0 Å². The minimum absolute atomic E-state index is 0.0432. The van der Waals surface area contributed by atoms with Gasteiger partial charge < -0.3 is 18.6 Å². The van der Waals surface area contributed by atoms with Gasteiger partial charge in [0.1, 0.15) is 6.04 Å². The van der Waals surface area contributed by atoms with Crippen molar-refractivity contribution < 1.29 is 36.4 Å². The second kappa shape index (κ2) is 9.33. The lowest BCUT2D eigenvalue weighted by molar-refractivity contribution is -0.151. The van der Waals surface area contributed by atoms with Gasteiger partial charge in [-0.1, -0.05) is 41.6 Å². The van der Waals surface area contributed by atoms with E-state index in [1.165, 1.54) is 29.4 Å². The lowest BCUT2D eigenvalue weighted by Gasteiger charge is -2.34. The number of hydrogen-bond donors (Lipinski definition) is 0. The highest BCUT2D eigenvalue weighted by molar-refractivity contribution is 5.95. The summed E-state index contributed by atoms with van der Waals surface area (Å²) in [6.07, 6.45) is -2.83. The van der Waals surface area contributed by atoms with Crippen LogP contribution in [0.1, 0.15) is 33.1 Å². The van der Waals surface area contributed by atoms with E-state index in [1.807, 2.05) is 24.3 Å². The van der Waals surface area contributed by atoms with E-state index in [4.69, 9.17) is 13.7 Å². The molecule has 0 saturated heterocycles. The van der Waals surface area contributed by atoms with Gasteiger partial charge in [0.15, 0.2) is 12.4 Å².